The van der Waals surface area contributed by atoms with Crippen molar-refractivity contribution in [1.82, 2.24) is 20.2 Å². The van der Waals surface area contributed by atoms with E-state index in [0.29, 0.717) is 49.4 Å². The molecule has 164 valence electrons. The van der Waals surface area contributed by atoms with Crippen molar-refractivity contribution in [3.8, 4) is 34.1 Å². The molecule has 11 heteroatoms. The maximum absolute atomic E-state index is 12.8. The van der Waals surface area contributed by atoms with Gasteiger partial charge in [0, 0.05) is 27.1 Å². The molecule has 0 saturated carbocycles. The Morgan fingerprint density at radius 3 is 2.88 bits per heavy atom. The van der Waals surface area contributed by atoms with E-state index in [2.05, 4.69) is 20.2 Å². The molecule has 0 spiro atoms. The van der Waals surface area contributed by atoms with Gasteiger partial charge in [0.1, 0.15) is 10.7 Å². The van der Waals surface area contributed by atoms with E-state index in [-0.39, 0.29) is 12.4 Å². The molecule has 0 atom stereocenters. The van der Waals surface area contributed by atoms with Gasteiger partial charge in [-0.1, -0.05) is 41.6 Å². The fraction of sp³-hybridized carbons (Fsp3) is 0.0909. The summed E-state index contributed by atoms with van der Waals surface area (Å²) in [5.41, 5.74) is 2.11. The molecule has 3 aromatic heterocycles. The molecule has 1 aliphatic heterocycles. The van der Waals surface area contributed by atoms with E-state index in [1.165, 1.54) is 23.1 Å². The van der Waals surface area contributed by atoms with Crippen LogP contribution >= 0.6 is 34.7 Å². The summed E-state index contributed by atoms with van der Waals surface area (Å²) in [6.07, 6.45) is 0. The maximum Gasteiger partial charge on any atom is 0.277 e. The molecule has 6 rings (SSSR count). The third-order valence-corrected chi connectivity index (χ3v) is 7.05. The number of ether oxygens (including phenoxy) is 2. The lowest BCUT2D eigenvalue weighted by atomic mass is 10.1. The van der Waals surface area contributed by atoms with E-state index >= 15 is 0 Å². The van der Waals surface area contributed by atoms with Crippen LogP contribution in [0.15, 0.2) is 62.3 Å². The predicted molar refractivity (Wildman–Crippen MR) is 126 cm³/mol. The summed E-state index contributed by atoms with van der Waals surface area (Å²) in [7, 11) is 0. The molecular weight excluding hydrogens is 484 g/mol. The molecule has 0 fully saturated rings. The SMILES string of the molecule is O=c1[nH]c(CSc2nnc(-c3ccc4c(c3)OCO4)o2)nc2scc(-c3ccccc3Cl)c12. The first-order valence-corrected chi connectivity index (χ1v) is 12.0. The van der Waals surface area contributed by atoms with Gasteiger partial charge in [-0.05, 0) is 24.3 Å². The number of aromatic amines is 1. The van der Waals surface area contributed by atoms with Gasteiger partial charge < -0.3 is 18.9 Å². The van der Waals surface area contributed by atoms with Gasteiger partial charge in [-0.2, -0.15) is 0 Å². The Kier molecular flexibility index (Phi) is 5.05. The third kappa shape index (κ3) is 3.75. The lowest BCUT2D eigenvalue weighted by Crippen LogP contribution is -2.10. The fourth-order valence-electron chi connectivity index (χ4n) is 3.48. The van der Waals surface area contributed by atoms with Crippen molar-refractivity contribution in [1.29, 1.82) is 0 Å². The quantitative estimate of drug-likeness (QED) is 0.324. The highest BCUT2D eigenvalue weighted by Crippen LogP contribution is 2.37. The molecule has 4 heterocycles. The average molecular weight is 497 g/mol. The monoisotopic (exact) mass is 496 g/mol. The van der Waals surface area contributed by atoms with Crippen LogP contribution in [0.3, 0.4) is 0 Å². The number of hydrogen-bond donors (Lipinski definition) is 1. The van der Waals surface area contributed by atoms with Crippen molar-refractivity contribution in [2.75, 3.05) is 6.79 Å². The first-order valence-electron chi connectivity index (χ1n) is 9.77. The molecule has 0 bridgehead atoms. The molecule has 1 aliphatic rings. The largest absolute Gasteiger partial charge is 0.454 e. The van der Waals surface area contributed by atoms with E-state index in [9.17, 15) is 4.79 Å². The number of hydrogen-bond acceptors (Lipinski definition) is 9. The van der Waals surface area contributed by atoms with Crippen LogP contribution in [0.4, 0.5) is 0 Å². The van der Waals surface area contributed by atoms with Crippen molar-refractivity contribution in [2.24, 2.45) is 0 Å². The Hall–Kier alpha value is -3.34. The molecule has 0 aliphatic carbocycles. The number of H-pyrrole nitrogens is 1. The number of halogens is 1. The smallest absolute Gasteiger partial charge is 0.277 e. The van der Waals surface area contributed by atoms with Crippen molar-refractivity contribution in [3.63, 3.8) is 0 Å². The minimum absolute atomic E-state index is 0.198. The Balaban J connectivity index is 1.23. The summed E-state index contributed by atoms with van der Waals surface area (Å²) in [5.74, 6) is 2.59. The first-order chi connectivity index (χ1) is 16.2. The molecule has 0 saturated heterocycles. The van der Waals surface area contributed by atoms with E-state index < -0.39 is 0 Å². The number of thiophene rings is 1. The van der Waals surface area contributed by atoms with Gasteiger partial charge in [-0.3, -0.25) is 4.79 Å². The average Bonchev–Trinajstić information content (AvgIpc) is 3.57. The summed E-state index contributed by atoms with van der Waals surface area (Å²) in [6, 6.07) is 12.9. The van der Waals surface area contributed by atoms with E-state index in [4.69, 9.17) is 25.5 Å². The summed E-state index contributed by atoms with van der Waals surface area (Å²) in [4.78, 5) is 21.0. The van der Waals surface area contributed by atoms with Crippen LogP contribution < -0.4 is 15.0 Å². The van der Waals surface area contributed by atoms with Crippen LogP contribution in [0, 0.1) is 0 Å². The van der Waals surface area contributed by atoms with Gasteiger partial charge in [-0.15, -0.1) is 21.5 Å². The second kappa shape index (κ2) is 8.22. The van der Waals surface area contributed by atoms with Crippen LogP contribution in [-0.4, -0.2) is 27.0 Å². The fourth-order valence-corrected chi connectivity index (χ4v) is 5.31. The van der Waals surface area contributed by atoms with Crippen molar-refractivity contribution in [3.05, 3.63) is 69.0 Å². The summed E-state index contributed by atoms with van der Waals surface area (Å²) < 4.78 is 16.5. The number of aromatic nitrogens is 4. The second-order valence-electron chi connectivity index (χ2n) is 7.05. The molecule has 33 heavy (non-hydrogen) atoms. The van der Waals surface area contributed by atoms with E-state index in [0.717, 1.165) is 16.7 Å². The summed E-state index contributed by atoms with van der Waals surface area (Å²) >= 11 is 9.02. The number of benzene rings is 2. The predicted octanol–water partition coefficient (Wildman–Crippen LogP) is 5.38. The summed E-state index contributed by atoms with van der Waals surface area (Å²) in [6.45, 7) is 0.198. The van der Waals surface area contributed by atoms with Gasteiger partial charge in [-0.25, -0.2) is 4.98 Å². The van der Waals surface area contributed by atoms with Crippen molar-refractivity contribution >= 4 is 44.9 Å². The normalized spacial score (nSPS) is 12.5. The number of thioether (sulfide) groups is 1. The maximum atomic E-state index is 12.8. The molecular formula is C22H13ClN4O4S2. The standard InChI is InChI=1S/C22H13ClN4O4S2/c23-14-4-2-1-3-12(14)13-8-32-21-18(13)19(28)24-17(25-21)9-33-22-27-26-20(31-22)11-5-6-15-16(7-11)30-10-29-15/h1-8H,9-10H2,(H,24,25,28). The molecule has 0 amide bonds. The van der Waals surface area contributed by atoms with Crippen LogP contribution in [0.1, 0.15) is 5.82 Å². The highest BCUT2D eigenvalue weighted by molar-refractivity contribution is 7.98. The van der Waals surface area contributed by atoms with E-state index in [1.54, 1.807) is 18.2 Å². The third-order valence-electron chi connectivity index (χ3n) is 5.02. The van der Waals surface area contributed by atoms with Crippen LogP contribution in [0.25, 0.3) is 32.8 Å². The van der Waals surface area contributed by atoms with Gasteiger partial charge in [0.15, 0.2) is 11.5 Å². The molecule has 5 aromatic rings. The second-order valence-corrected chi connectivity index (χ2v) is 9.24. The van der Waals surface area contributed by atoms with E-state index in [1.807, 2.05) is 29.6 Å². The van der Waals surface area contributed by atoms with Crippen molar-refractivity contribution in [2.45, 2.75) is 11.0 Å². The minimum Gasteiger partial charge on any atom is -0.454 e. The van der Waals surface area contributed by atoms with Gasteiger partial charge in [0.25, 0.3) is 10.8 Å². The number of rotatable bonds is 5. The minimum atomic E-state index is -0.210. The van der Waals surface area contributed by atoms with Crippen LogP contribution in [0.5, 0.6) is 11.5 Å². The topological polar surface area (TPSA) is 103 Å². The van der Waals surface area contributed by atoms with Crippen LogP contribution in [0.2, 0.25) is 5.02 Å². The Morgan fingerprint density at radius 2 is 1.97 bits per heavy atom. The molecule has 1 N–H and O–H groups in total. The molecule has 0 radical (unpaired) electrons. The Morgan fingerprint density at radius 1 is 1.09 bits per heavy atom. The molecule has 2 aromatic carbocycles. The zero-order valence-corrected chi connectivity index (χ0v) is 19.1. The zero-order chi connectivity index (χ0) is 22.4. The van der Waals surface area contributed by atoms with Crippen molar-refractivity contribution < 1.29 is 13.9 Å². The first kappa shape index (κ1) is 20.3. The Labute approximate surface area is 199 Å². The number of fused-ring (bicyclic) bond motifs is 2. The zero-order valence-electron chi connectivity index (χ0n) is 16.7. The Bertz CT molecular complexity index is 1560. The van der Waals surface area contributed by atoms with Gasteiger partial charge >= 0.3 is 0 Å². The van der Waals surface area contributed by atoms with Gasteiger partial charge in [0.05, 0.1) is 11.1 Å². The number of nitrogens with one attached hydrogen (secondary N) is 1. The highest BCUT2D eigenvalue weighted by Gasteiger charge is 2.18. The van der Waals surface area contributed by atoms with Gasteiger partial charge in [0.2, 0.25) is 12.7 Å². The highest BCUT2D eigenvalue weighted by atomic mass is 35.5. The molecule has 8 nitrogen and oxygen atoms in total. The van der Waals surface area contributed by atoms with Crippen LogP contribution in [-0.2, 0) is 5.75 Å². The lowest BCUT2D eigenvalue weighted by molar-refractivity contribution is 0.174. The molecule has 0 unspecified atom stereocenters. The summed E-state index contributed by atoms with van der Waals surface area (Å²) in [5, 5.41) is 11.6. The number of nitrogens with zero attached hydrogens (tertiary/aromatic N) is 3. The lowest BCUT2D eigenvalue weighted by Gasteiger charge is -2.03.